The van der Waals surface area contributed by atoms with Gasteiger partial charge in [-0.2, -0.15) is 0 Å². The van der Waals surface area contributed by atoms with E-state index >= 15 is 0 Å². The van der Waals surface area contributed by atoms with Crippen LogP contribution in [-0.2, 0) is 20.0 Å². The lowest BCUT2D eigenvalue weighted by atomic mass is 10.0. The van der Waals surface area contributed by atoms with Crippen molar-refractivity contribution < 1.29 is 13.6 Å². The second kappa shape index (κ2) is 7.35. The van der Waals surface area contributed by atoms with Gasteiger partial charge < -0.3 is 14.0 Å². The Labute approximate surface area is 142 Å². The molecule has 3 rings (SSSR count). The van der Waals surface area contributed by atoms with E-state index in [1.807, 2.05) is 48.7 Å². The Hall–Kier alpha value is -1.87. The van der Waals surface area contributed by atoms with E-state index in [1.54, 1.807) is 0 Å². The molecule has 0 aliphatic heterocycles. The molecule has 0 bridgehead atoms. The molecule has 1 heterocycles. The monoisotopic (exact) mass is 343 g/mol. The van der Waals surface area contributed by atoms with Gasteiger partial charge >= 0.3 is 7.60 Å². The van der Waals surface area contributed by atoms with Crippen LogP contribution >= 0.6 is 7.60 Å². The van der Waals surface area contributed by atoms with Gasteiger partial charge in [-0.3, -0.25) is 4.57 Å². The number of para-hydroxylation sites is 1. The Balaban J connectivity index is 1.97. The maximum absolute atomic E-state index is 13.2. The first-order chi connectivity index (χ1) is 11.7. The summed E-state index contributed by atoms with van der Waals surface area (Å²) in [5, 5.41) is 1.06. The molecule has 24 heavy (non-hydrogen) atoms. The van der Waals surface area contributed by atoms with Crippen molar-refractivity contribution >= 4 is 18.5 Å². The van der Waals surface area contributed by atoms with E-state index in [1.165, 1.54) is 19.8 Å². The smallest absolute Gasteiger partial charge is 0.337 e. The van der Waals surface area contributed by atoms with E-state index in [-0.39, 0.29) is 5.66 Å². The quantitative estimate of drug-likeness (QED) is 0.590. The molecule has 0 saturated carbocycles. The summed E-state index contributed by atoms with van der Waals surface area (Å²) < 4.78 is 23.8. The van der Waals surface area contributed by atoms with E-state index < -0.39 is 7.60 Å². The fourth-order valence-corrected chi connectivity index (χ4v) is 4.79. The zero-order valence-corrected chi connectivity index (χ0v) is 14.8. The van der Waals surface area contributed by atoms with Crippen molar-refractivity contribution in [2.75, 3.05) is 14.2 Å². The van der Waals surface area contributed by atoms with E-state index in [0.717, 1.165) is 22.9 Å². The first kappa shape index (κ1) is 17.0. The van der Waals surface area contributed by atoms with Gasteiger partial charge in [-0.25, -0.2) is 0 Å². The maximum atomic E-state index is 13.2. The molecule has 0 radical (unpaired) electrons. The van der Waals surface area contributed by atoms with Gasteiger partial charge in [0.2, 0.25) is 0 Å². The van der Waals surface area contributed by atoms with Crippen LogP contribution in [0.15, 0.2) is 60.8 Å². The van der Waals surface area contributed by atoms with E-state index in [4.69, 9.17) is 9.05 Å². The number of rotatable bonds is 7. The third-order valence-corrected chi connectivity index (χ3v) is 6.74. The molecule has 0 spiro atoms. The highest BCUT2D eigenvalue weighted by Crippen LogP contribution is 2.62. The minimum atomic E-state index is -3.24. The lowest BCUT2D eigenvalue weighted by Gasteiger charge is -2.24. The fourth-order valence-electron chi connectivity index (χ4n) is 3.13. The topological polar surface area (TPSA) is 51.3 Å². The molecule has 0 saturated heterocycles. The van der Waals surface area contributed by atoms with Crippen molar-refractivity contribution in [2.24, 2.45) is 0 Å². The van der Waals surface area contributed by atoms with Gasteiger partial charge in [0, 0.05) is 31.3 Å². The Bertz CT molecular complexity index is 836. The molecule has 4 nitrogen and oxygen atoms in total. The van der Waals surface area contributed by atoms with E-state index in [0.29, 0.717) is 6.42 Å². The zero-order valence-electron chi connectivity index (χ0n) is 13.9. The molecule has 1 atom stereocenters. The molecule has 5 heteroatoms. The predicted octanol–water partition coefficient (Wildman–Crippen LogP) is 5.33. The summed E-state index contributed by atoms with van der Waals surface area (Å²) in [4.78, 5) is 3.25. The summed E-state index contributed by atoms with van der Waals surface area (Å²) in [7, 11) is -0.335. The normalized spacial score (nSPS) is 13.2. The molecule has 3 aromatic rings. The maximum Gasteiger partial charge on any atom is 0.337 e. The fraction of sp³-hybridized carbons (Fsp3) is 0.263. The molecule has 0 amide bonds. The molecule has 0 aliphatic rings. The summed E-state index contributed by atoms with van der Waals surface area (Å²) in [5.41, 5.74) is 2.90. The number of aromatic nitrogens is 1. The van der Waals surface area contributed by atoms with Gasteiger partial charge in [-0.15, -0.1) is 0 Å². The van der Waals surface area contributed by atoms with Crippen LogP contribution < -0.4 is 0 Å². The standard InChI is InChI=1S/C19H22NO3P/c1-22-24(21,23-2)19(13-12-15-8-4-3-5-9-15)17-14-20-18-11-7-6-10-16(17)18/h3-11,14,19-20H,12-13H2,1-2H3. The van der Waals surface area contributed by atoms with Crippen LogP contribution in [0, 0.1) is 0 Å². The van der Waals surface area contributed by atoms with Gasteiger partial charge in [-0.1, -0.05) is 48.5 Å². The van der Waals surface area contributed by atoms with Crippen molar-refractivity contribution in [2.45, 2.75) is 18.5 Å². The number of aromatic amines is 1. The summed E-state index contributed by atoms with van der Waals surface area (Å²) in [5.74, 6) is 0. The van der Waals surface area contributed by atoms with Crippen molar-refractivity contribution in [3.05, 3.63) is 71.9 Å². The molecule has 0 aliphatic carbocycles. The van der Waals surface area contributed by atoms with Gasteiger partial charge in [-0.05, 0) is 30.0 Å². The van der Waals surface area contributed by atoms with Gasteiger partial charge in [0.15, 0.2) is 0 Å². The Morgan fingerprint density at radius 1 is 1.00 bits per heavy atom. The van der Waals surface area contributed by atoms with Crippen LogP contribution in [0.3, 0.4) is 0 Å². The average molecular weight is 343 g/mol. The molecule has 2 aromatic carbocycles. The zero-order chi connectivity index (χ0) is 17.0. The third-order valence-electron chi connectivity index (χ3n) is 4.42. The second-order valence-corrected chi connectivity index (χ2v) is 8.17. The Kier molecular flexibility index (Phi) is 5.20. The summed E-state index contributed by atoms with van der Waals surface area (Å²) >= 11 is 0. The first-order valence-electron chi connectivity index (χ1n) is 7.99. The summed E-state index contributed by atoms with van der Waals surface area (Å²) in [6.45, 7) is 0. The highest BCUT2D eigenvalue weighted by atomic mass is 31.2. The van der Waals surface area contributed by atoms with Crippen LogP contribution in [0.5, 0.6) is 0 Å². The third kappa shape index (κ3) is 3.32. The van der Waals surface area contributed by atoms with Crippen molar-refractivity contribution in [3.8, 4) is 0 Å². The van der Waals surface area contributed by atoms with Crippen LogP contribution in [0.2, 0.25) is 0 Å². The molecule has 1 unspecified atom stereocenters. The highest BCUT2D eigenvalue weighted by molar-refractivity contribution is 7.54. The number of fused-ring (bicyclic) bond motifs is 1. The van der Waals surface area contributed by atoms with E-state index in [2.05, 4.69) is 17.1 Å². The second-order valence-electron chi connectivity index (χ2n) is 5.73. The molecule has 126 valence electrons. The number of aryl methyl sites for hydroxylation is 1. The van der Waals surface area contributed by atoms with Crippen LogP contribution in [0.1, 0.15) is 23.2 Å². The molecular weight excluding hydrogens is 321 g/mol. The number of hydrogen-bond donors (Lipinski definition) is 1. The molecule has 0 fully saturated rings. The van der Waals surface area contributed by atoms with Crippen LogP contribution in [0.4, 0.5) is 0 Å². The summed E-state index contributed by atoms with van der Waals surface area (Å²) in [6.07, 6.45) is 3.41. The Morgan fingerprint density at radius 3 is 2.38 bits per heavy atom. The van der Waals surface area contributed by atoms with Crippen LogP contribution in [0.25, 0.3) is 10.9 Å². The molecule has 1 N–H and O–H groups in total. The van der Waals surface area contributed by atoms with E-state index in [9.17, 15) is 4.57 Å². The average Bonchev–Trinajstić information content (AvgIpc) is 3.06. The largest absolute Gasteiger partial charge is 0.361 e. The number of benzene rings is 2. The lowest BCUT2D eigenvalue weighted by molar-refractivity contribution is 0.264. The number of hydrogen-bond acceptors (Lipinski definition) is 3. The highest BCUT2D eigenvalue weighted by Gasteiger charge is 2.36. The van der Waals surface area contributed by atoms with Gasteiger partial charge in [0.1, 0.15) is 0 Å². The summed E-state index contributed by atoms with van der Waals surface area (Å²) in [6, 6.07) is 18.2. The predicted molar refractivity (Wildman–Crippen MR) is 97.4 cm³/mol. The SMILES string of the molecule is COP(=O)(OC)C(CCc1ccccc1)c1c[nH]c2ccccc12. The lowest BCUT2D eigenvalue weighted by Crippen LogP contribution is -2.05. The minimum Gasteiger partial charge on any atom is -0.361 e. The first-order valence-corrected chi connectivity index (χ1v) is 9.60. The van der Waals surface area contributed by atoms with Crippen LogP contribution in [-0.4, -0.2) is 19.2 Å². The van der Waals surface area contributed by atoms with Crippen molar-refractivity contribution in [1.29, 1.82) is 0 Å². The van der Waals surface area contributed by atoms with Gasteiger partial charge in [0.25, 0.3) is 0 Å². The molecule has 1 aromatic heterocycles. The molecular formula is C19H22NO3P. The van der Waals surface area contributed by atoms with Gasteiger partial charge in [0.05, 0.1) is 5.66 Å². The van der Waals surface area contributed by atoms with Crippen molar-refractivity contribution in [1.82, 2.24) is 4.98 Å². The number of nitrogens with one attached hydrogen (secondary N) is 1. The minimum absolute atomic E-state index is 0.316. The number of H-pyrrole nitrogens is 1. The van der Waals surface area contributed by atoms with Crippen molar-refractivity contribution in [3.63, 3.8) is 0 Å². The Morgan fingerprint density at radius 2 is 1.67 bits per heavy atom.